The molecule has 19 heavy (non-hydrogen) atoms. The lowest BCUT2D eigenvalue weighted by Crippen LogP contribution is -2.23. The molecule has 0 fully saturated rings. The van der Waals surface area contributed by atoms with E-state index in [4.69, 9.17) is 9.15 Å². The molecule has 0 saturated carbocycles. The molecule has 3 nitrogen and oxygen atoms in total. The molecule has 0 aliphatic heterocycles. The molecule has 0 aliphatic rings. The summed E-state index contributed by atoms with van der Waals surface area (Å²) >= 11 is 0. The van der Waals surface area contributed by atoms with Crippen LogP contribution in [0.25, 0.3) is 0 Å². The molecule has 0 spiro atoms. The van der Waals surface area contributed by atoms with Crippen molar-refractivity contribution in [2.24, 2.45) is 0 Å². The van der Waals surface area contributed by atoms with Gasteiger partial charge in [-0.1, -0.05) is 13.0 Å². The topological polar surface area (TPSA) is 34.4 Å². The number of hydrogen-bond acceptors (Lipinski definition) is 3. The Kier molecular flexibility index (Phi) is 4.63. The minimum atomic E-state index is 0.0980. The Morgan fingerprint density at radius 3 is 2.74 bits per heavy atom. The van der Waals surface area contributed by atoms with Crippen LogP contribution in [0, 0.1) is 6.92 Å². The zero-order valence-electron chi connectivity index (χ0n) is 11.8. The first kappa shape index (κ1) is 13.7. The summed E-state index contributed by atoms with van der Waals surface area (Å²) in [6.45, 7) is 5.21. The molecule has 0 amide bonds. The highest BCUT2D eigenvalue weighted by Gasteiger charge is 2.18. The molecule has 1 heterocycles. The van der Waals surface area contributed by atoms with Gasteiger partial charge in [0.2, 0.25) is 0 Å². The summed E-state index contributed by atoms with van der Waals surface area (Å²) in [6, 6.07) is 10.2. The minimum absolute atomic E-state index is 0.0980. The van der Waals surface area contributed by atoms with E-state index in [-0.39, 0.29) is 6.04 Å². The molecular weight excluding hydrogens is 238 g/mol. The van der Waals surface area contributed by atoms with Crippen molar-refractivity contribution in [3.05, 3.63) is 53.5 Å². The first-order valence-electron chi connectivity index (χ1n) is 6.67. The lowest BCUT2D eigenvalue weighted by atomic mass is 9.99. The number of rotatable bonds is 6. The van der Waals surface area contributed by atoms with Crippen molar-refractivity contribution >= 4 is 0 Å². The fourth-order valence-corrected chi connectivity index (χ4v) is 2.21. The highest BCUT2D eigenvalue weighted by atomic mass is 16.5. The molecule has 2 rings (SSSR count). The van der Waals surface area contributed by atoms with Gasteiger partial charge in [0.15, 0.2) is 0 Å². The first-order chi connectivity index (χ1) is 9.26. The quantitative estimate of drug-likeness (QED) is 0.859. The fraction of sp³-hybridized carbons (Fsp3) is 0.375. The van der Waals surface area contributed by atoms with Gasteiger partial charge in [0.1, 0.15) is 11.5 Å². The number of nitrogens with one attached hydrogen (secondary N) is 1. The van der Waals surface area contributed by atoms with Gasteiger partial charge in [0.05, 0.1) is 19.4 Å². The molecule has 102 valence electrons. The van der Waals surface area contributed by atoms with E-state index in [0.717, 1.165) is 24.5 Å². The molecule has 1 atom stereocenters. The Morgan fingerprint density at radius 2 is 2.16 bits per heavy atom. The average Bonchev–Trinajstić information content (AvgIpc) is 2.94. The smallest absolute Gasteiger partial charge is 0.125 e. The molecule has 0 saturated heterocycles. The molecule has 1 aromatic heterocycles. The summed E-state index contributed by atoms with van der Waals surface area (Å²) in [5, 5.41) is 3.53. The Hall–Kier alpha value is -1.74. The Labute approximate surface area is 114 Å². The zero-order valence-corrected chi connectivity index (χ0v) is 11.8. The summed E-state index contributed by atoms with van der Waals surface area (Å²) < 4.78 is 10.8. The lowest BCUT2D eigenvalue weighted by Gasteiger charge is -2.19. The van der Waals surface area contributed by atoms with Crippen molar-refractivity contribution in [3.63, 3.8) is 0 Å². The van der Waals surface area contributed by atoms with Crippen LogP contribution < -0.4 is 10.1 Å². The minimum Gasteiger partial charge on any atom is -0.497 e. The van der Waals surface area contributed by atoms with Crippen LogP contribution in [0.1, 0.15) is 36.3 Å². The van der Waals surface area contributed by atoms with E-state index in [2.05, 4.69) is 31.3 Å². The number of ether oxygens (including phenoxy) is 1. The van der Waals surface area contributed by atoms with Gasteiger partial charge >= 0.3 is 0 Å². The van der Waals surface area contributed by atoms with Gasteiger partial charge in [-0.3, -0.25) is 0 Å². The molecular formula is C16H21NO2. The van der Waals surface area contributed by atoms with E-state index >= 15 is 0 Å². The van der Waals surface area contributed by atoms with Crippen molar-refractivity contribution in [2.75, 3.05) is 13.7 Å². The van der Waals surface area contributed by atoms with Crippen LogP contribution in [0.15, 0.2) is 41.0 Å². The molecule has 1 aromatic carbocycles. The Bertz CT molecular complexity index is 505. The Balaban J connectivity index is 2.32. The third-order valence-electron chi connectivity index (χ3n) is 3.21. The molecule has 2 aromatic rings. The molecule has 1 N–H and O–H groups in total. The maximum absolute atomic E-state index is 5.56. The number of furan rings is 1. The van der Waals surface area contributed by atoms with E-state index < -0.39 is 0 Å². The monoisotopic (exact) mass is 259 g/mol. The van der Waals surface area contributed by atoms with Crippen molar-refractivity contribution in [3.8, 4) is 5.75 Å². The van der Waals surface area contributed by atoms with E-state index in [0.29, 0.717) is 0 Å². The van der Waals surface area contributed by atoms with Crippen molar-refractivity contribution in [1.82, 2.24) is 5.32 Å². The third kappa shape index (κ3) is 3.18. The molecule has 0 aliphatic carbocycles. The van der Waals surface area contributed by atoms with Crippen molar-refractivity contribution < 1.29 is 9.15 Å². The number of aryl methyl sites for hydroxylation is 1. The predicted molar refractivity (Wildman–Crippen MR) is 76.6 cm³/mol. The second-order valence-electron chi connectivity index (χ2n) is 4.63. The first-order valence-corrected chi connectivity index (χ1v) is 6.67. The molecule has 0 radical (unpaired) electrons. The van der Waals surface area contributed by atoms with Crippen LogP contribution in [0.2, 0.25) is 0 Å². The van der Waals surface area contributed by atoms with Gasteiger partial charge in [-0.25, -0.2) is 0 Å². The second-order valence-corrected chi connectivity index (χ2v) is 4.63. The van der Waals surface area contributed by atoms with Gasteiger partial charge in [-0.2, -0.15) is 0 Å². The van der Waals surface area contributed by atoms with Crippen molar-refractivity contribution in [2.45, 2.75) is 26.3 Å². The van der Waals surface area contributed by atoms with Gasteiger partial charge in [0.25, 0.3) is 0 Å². The van der Waals surface area contributed by atoms with Crippen molar-refractivity contribution in [1.29, 1.82) is 0 Å². The van der Waals surface area contributed by atoms with Crippen LogP contribution >= 0.6 is 0 Å². The highest BCUT2D eigenvalue weighted by Crippen LogP contribution is 2.27. The lowest BCUT2D eigenvalue weighted by molar-refractivity contribution is 0.413. The maximum atomic E-state index is 5.56. The van der Waals surface area contributed by atoms with Crippen LogP contribution in [-0.2, 0) is 0 Å². The average molecular weight is 259 g/mol. The summed E-state index contributed by atoms with van der Waals surface area (Å²) in [5.74, 6) is 1.83. The summed E-state index contributed by atoms with van der Waals surface area (Å²) in [7, 11) is 1.69. The van der Waals surface area contributed by atoms with E-state index in [1.165, 1.54) is 11.1 Å². The summed E-state index contributed by atoms with van der Waals surface area (Å²) in [4.78, 5) is 0. The van der Waals surface area contributed by atoms with Gasteiger partial charge in [-0.15, -0.1) is 0 Å². The fourth-order valence-electron chi connectivity index (χ4n) is 2.21. The number of methoxy groups -OCH3 is 1. The number of hydrogen-bond donors (Lipinski definition) is 1. The molecule has 3 heteroatoms. The van der Waals surface area contributed by atoms with Crippen LogP contribution in [0.5, 0.6) is 5.75 Å². The largest absolute Gasteiger partial charge is 0.497 e. The summed E-state index contributed by atoms with van der Waals surface area (Å²) in [5.41, 5.74) is 2.42. The van der Waals surface area contributed by atoms with Crippen LogP contribution in [-0.4, -0.2) is 13.7 Å². The zero-order chi connectivity index (χ0) is 13.7. The standard InChI is InChI=1S/C16H21NO2/c1-4-9-17-16(15-6-5-10-19-15)14-8-7-13(18-3)11-12(14)2/h5-8,10-11,16-17H,4,9H2,1-3H3. The second kappa shape index (κ2) is 6.43. The molecule has 1 unspecified atom stereocenters. The van der Waals surface area contributed by atoms with E-state index in [1.807, 2.05) is 18.2 Å². The van der Waals surface area contributed by atoms with Gasteiger partial charge in [0, 0.05) is 0 Å². The van der Waals surface area contributed by atoms with E-state index in [9.17, 15) is 0 Å². The SMILES string of the molecule is CCCNC(c1ccco1)c1ccc(OC)cc1C. The third-order valence-corrected chi connectivity index (χ3v) is 3.21. The van der Waals surface area contributed by atoms with Gasteiger partial charge in [-0.05, 0) is 55.3 Å². The maximum Gasteiger partial charge on any atom is 0.125 e. The van der Waals surface area contributed by atoms with E-state index in [1.54, 1.807) is 13.4 Å². The predicted octanol–water partition coefficient (Wildman–Crippen LogP) is 3.69. The number of benzene rings is 1. The normalized spacial score (nSPS) is 12.4. The van der Waals surface area contributed by atoms with Gasteiger partial charge < -0.3 is 14.5 Å². The highest BCUT2D eigenvalue weighted by molar-refractivity contribution is 5.39. The molecule has 0 bridgehead atoms. The van der Waals surface area contributed by atoms with Crippen LogP contribution in [0.4, 0.5) is 0 Å². The Morgan fingerprint density at radius 1 is 1.32 bits per heavy atom. The van der Waals surface area contributed by atoms with Crippen LogP contribution in [0.3, 0.4) is 0 Å². The summed E-state index contributed by atoms with van der Waals surface area (Å²) in [6.07, 6.45) is 2.81.